The minimum absolute atomic E-state index is 0.0955. The molecule has 1 aromatic heterocycles. The molecule has 8 nitrogen and oxygen atoms in total. The predicted octanol–water partition coefficient (Wildman–Crippen LogP) is 1.44. The maximum atomic E-state index is 12.4. The molecule has 0 spiro atoms. The molecule has 1 fully saturated rings. The van der Waals surface area contributed by atoms with Crippen LogP contribution in [0.3, 0.4) is 0 Å². The molecule has 3 rings (SSSR count). The number of hydrogen-bond donors (Lipinski definition) is 2. The summed E-state index contributed by atoms with van der Waals surface area (Å²) in [5, 5.41) is 2.71. The predicted molar refractivity (Wildman–Crippen MR) is 107 cm³/mol. The van der Waals surface area contributed by atoms with Gasteiger partial charge in [-0.2, -0.15) is 4.31 Å². The zero-order valence-electron chi connectivity index (χ0n) is 16.3. The maximum absolute atomic E-state index is 12.4. The van der Waals surface area contributed by atoms with Crippen LogP contribution in [0.4, 0.5) is 0 Å². The lowest BCUT2D eigenvalue weighted by Gasteiger charge is -2.34. The van der Waals surface area contributed by atoms with E-state index in [0.717, 1.165) is 16.9 Å². The van der Waals surface area contributed by atoms with Crippen LogP contribution in [0, 0.1) is 0 Å². The van der Waals surface area contributed by atoms with E-state index in [0.29, 0.717) is 32.4 Å². The summed E-state index contributed by atoms with van der Waals surface area (Å²) >= 11 is 0. The number of H-pyrrole nitrogens is 1. The third-order valence-corrected chi connectivity index (χ3v) is 6.52. The Balaban J connectivity index is 1.38. The fourth-order valence-electron chi connectivity index (χ4n) is 3.44. The highest BCUT2D eigenvalue weighted by Gasteiger charge is 2.30. The first-order chi connectivity index (χ1) is 13.3. The van der Waals surface area contributed by atoms with Crippen LogP contribution in [0.2, 0.25) is 0 Å². The Labute approximate surface area is 165 Å². The molecule has 1 aromatic carbocycles. The van der Waals surface area contributed by atoms with Gasteiger partial charge >= 0.3 is 0 Å². The number of nitrogens with zero attached hydrogens (tertiary/aromatic N) is 2. The van der Waals surface area contributed by atoms with Crippen molar-refractivity contribution in [3.05, 3.63) is 30.1 Å². The van der Waals surface area contributed by atoms with Crippen molar-refractivity contribution in [2.24, 2.45) is 0 Å². The molecule has 2 heterocycles. The molecule has 9 heteroatoms. The summed E-state index contributed by atoms with van der Waals surface area (Å²) in [6, 6.07) is 7.80. The molecule has 0 radical (unpaired) electrons. The number of morpholine rings is 1. The van der Waals surface area contributed by atoms with E-state index in [9.17, 15) is 13.2 Å². The number of hydrogen-bond acceptors (Lipinski definition) is 5. The Morgan fingerprint density at radius 3 is 2.71 bits per heavy atom. The Bertz CT molecular complexity index is 869. The van der Waals surface area contributed by atoms with Gasteiger partial charge in [0.2, 0.25) is 15.9 Å². The van der Waals surface area contributed by atoms with Gasteiger partial charge in [-0.15, -0.1) is 0 Å². The first kappa shape index (κ1) is 20.8. The quantitative estimate of drug-likeness (QED) is 0.688. The lowest BCUT2D eigenvalue weighted by atomic mass is 10.2. The highest BCUT2D eigenvalue weighted by molar-refractivity contribution is 7.89. The largest absolute Gasteiger partial charge is 0.373 e. The average molecular weight is 409 g/mol. The number of imidazole rings is 1. The summed E-state index contributed by atoms with van der Waals surface area (Å²) in [6.07, 6.45) is 1.42. The van der Waals surface area contributed by atoms with Crippen LogP contribution in [0.15, 0.2) is 24.3 Å². The molecule has 0 aliphatic carbocycles. The summed E-state index contributed by atoms with van der Waals surface area (Å²) in [5.74, 6) is 0.615. The topological polar surface area (TPSA) is 104 Å². The smallest absolute Gasteiger partial charge is 0.220 e. The van der Waals surface area contributed by atoms with Gasteiger partial charge in [-0.25, -0.2) is 13.4 Å². The number of benzene rings is 1. The number of carbonyl (C=O) groups excluding carboxylic acids is 1. The number of rotatable bonds is 8. The molecule has 2 N–H and O–H groups in total. The number of nitrogens with one attached hydrogen (secondary N) is 2. The van der Waals surface area contributed by atoms with Crippen LogP contribution in [0.1, 0.15) is 32.5 Å². The van der Waals surface area contributed by atoms with Crippen molar-refractivity contribution in [2.45, 2.75) is 45.3 Å². The standard InChI is InChI=1S/C19H28N4O4S/c1-14-12-23(13-15(2)27-14)28(25,26)11-10-20-19(24)9-5-8-18-21-16-6-3-4-7-17(16)22-18/h3-4,6-7,14-15H,5,8-13H2,1-2H3,(H,20,24)(H,21,22). The summed E-state index contributed by atoms with van der Waals surface area (Å²) in [6.45, 7) is 4.56. The van der Waals surface area contributed by atoms with Crippen LogP contribution >= 0.6 is 0 Å². The van der Waals surface area contributed by atoms with Crippen LogP contribution < -0.4 is 5.32 Å². The van der Waals surface area contributed by atoms with Gasteiger partial charge in [-0.1, -0.05) is 12.1 Å². The van der Waals surface area contributed by atoms with Gasteiger partial charge in [0.15, 0.2) is 0 Å². The molecule has 1 aliphatic rings. The van der Waals surface area contributed by atoms with Gasteiger partial charge in [0, 0.05) is 32.5 Å². The lowest BCUT2D eigenvalue weighted by Crippen LogP contribution is -2.49. The van der Waals surface area contributed by atoms with Crippen molar-refractivity contribution in [3.63, 3.8) is 0 Å². The molecule has 1 saturated heterocycles. The summed E-state index contributed by atoms with van der Waals surface area (Å²) in [7, 11) is -3.40. The highest BCUT2D eigenvalue weighted by atomic mass is 32.2. The zero-order valence-corrected chi connectivity index (χ0v) is 17.2. The fourth-order valence-corrected chi connectivity index (χ4v) is 4.93. The van der Waals surface area contributed by atoms with Crippen LogP contribution in [0.5, 0.6) is 0 Å². The van der Waals surface area contributed by atoms with E-state index in [4.69, 9.17) is 4.74 Å². The lowest BCUT2D eigenvalue weighted by molar-refractivity contribution is -0.121. The van der Waals surface area contributed by atoms with E-state index in [-0.39, 0.29) is 30.4 Å². The Morgan fingerprint density at radius 1 is 1.29 bits per heavy atom. The number of para-hydroxylation sites is 2. The van der Waals surface area contributed by atoms with Gasteiger partial charge in [-0.05, 0) is 32.4 Å². The molecular weight excluding hydrogens is 380 g/mol. The van der Waals surface area contributed by atoms with Crippen molar-refractivity contribution >= 4 is 27.0 Å². The minimum Gasteiger partial charge on any atom is -0.373 e. The van der Waals surface area contributed by atoms with Crippen molar-refractivity contribution in [1.29, 1.82) is 0 Å². The molecule has 2 unspecified atom stereocenters. The maximum Gasteiger partial charge on any atom is 0.220 e. The molecule has 1 aliphatic heterocycles. The van der Waals surface area contributed by atoms with E-state index in [1.54, 1.807) is 0 Å². The molecule has 0 saturated carbocycles. The monoisotopic (exact) mass is 408 g/mol. The SMILES string of the molecule is CC1CN(S(=O)(=O)CCNC(=O)CCCc2nc3ccccc3[nH]2)CC(C)O1. The molecule has 154 valence electrons. The van der Waals surface area contributed by atoms with Gasteiger partial charge in [-0.3, -0.25) is 4.79 Å². The van der Waals surface area contributed by atoms with E-state index >= 15 is 0 Å². The molecule has 2 atom stereocenters. The number of aromatic amines is 1. The van der Waals surface area contributed by atoms with Crippen molar-refractivity contribution < 1.29 is 17.9 Å². The Kier molecular flexibility index (Phi) is 6.69. The average Bonchev–Trinajstić information content (AvgIpc) is 3.03. The Hall–Kier alpha value is -1.97. The number of amides is 1. The molecule has 2 aromatic rings. The van der Waals surface area contributed by atoms with E-state index in [1.807, 2.05) is 38.1 Å². The summed E-state index contributed by atoms with van der Waals surface area (Å²) < 4.78 is 31.9. The second-order valence-corrected chi connectivity index (χ2v) is 9.38. The second-order valence-electron chi connectivity index (χ2n) is 7.29. The third kappa shape index (κ3) is 5.52. The molecule has 0 bridgehead atoms. The molecular formula is C19H28N4O4S. The number of aromatic nitrogens is 2. The number of sulfonamides is 1. The fraction of sp³-hybridized carbons (Fsp3) is 0.579. The van der Waals surface area contributed by atoms with Crippen molar-refractivity contribution in [1.82, 2.24) is 19.6 Å². The van der Waals surface area contributed by atoms with Crippen molar-refractivity contribution in [3.8, 4) is 0 Å². The third-order valence-electron chi connectivity index (χ3n) is 4.72. The first-order valence-electron chi connectivity index (χ1n) is 9.67. The van der Waals surface area contributed by atoms with E-state index in [1.165, 1.54) is 4.31 Å². The minimum atomic E-state index is -3.40. The van der Waals surface area contributed by atoms with Crippen LogP contribution in [-0.2, 0) is 26.0 Å². The van der Waals surface area contributed by atoms with Crippen LogP contribution in [0.25, 0.3) is 11.0 Å². The van der Waals surface area contributed by atoms with Gasteiger partial charge < -0.3 is 15.0 Å². The number of ether oxygens (including phenoxy) is 1. The summed E-state index contributed by atoms with van der Waals surface area (Å²) in [4.78, 5) is 19.7. The first-order valence-corrected chi connectivity index (χ1v) is 11.3. The second kappa shape index (κ2) is 9.02. The molecule has 1 amide bonds. The summed E-state index contributed by atoms with van der Waals surface area (Å²) in [5.41, 5.74) is 1.90. The number of aryl methyl sites for hydroxylation is 1. The normalized spacial score (nSPS) is 21.1. The zero-order chi connectivity index (χ0) is 20.1. The Morgan fingerprint density at radius 2 is 2.00 bits per heavy atom. The number of fused-ring (bicyclic) bond motifs is 1. The number of carbonyl (C=O) groups is 1. The molecule has 28 heavy (non-hydrogen) atoms. The van der Waals surface area contributed by atoms with Gasteiger partial charge in [0.25, 0.3) is 0 Å². The van der Waals surface area contributed by atoms with E-state index < -0.39 is 10.0 Å². The van der Waals surface area contributed by atoms with Gasteiger partial charge in [0.05, 0.1) is 29.0 Å². The van der Waals surface area contributed by atoms with Crippen LogP contribution in [-0.4, -0.2) is 66.2 Å². The van der Waals surface area contributed by atoms with E-state index in [2.05, 4.69) is 15.3 Å². The van der Waals surface area contributed by atoms with Gasteiger partial charge in [0.1, 0.15) is 5.82 Å². The van der Waals surface area contributed by atoms with Crippen molar-refractivity contribution in [2.75, 3.05) is 25.4 Å². The highest BCUT2D eigenvalue weighted by Crippen LogP contribution is 2.15.